The predicted octanol–water partition coefficient (Wildman–Crippen LogP) is 1.01. The minimum Gasteiger partial charge on any atom is -0.343 e. The van der Waals surface area contributed by atoms with E-state index in [4.69, 9.17) is 0 Å². The smallest absolute Gasteiger partial charge is 0.245 e. The zero-order valence-corrected chi connectivity index (χ0v) is 11.1. The van der Waals surface area contributed by atoms with Crippen LogP contribution in [0.5, 0.6) is 0 Å². The van der Waals surface area contributed by atoms with Crippen molar-refractivity contribution in [3.8, 4) is 0 Å². The first-order valence-corrected chi connectivity index (χ1v) is 7.45. The monoisotopic (exact) mass is 256 g/mol. The summed E-state index contributed by atoms with van der Waals surface area (Å²) in [5.74, 6) is 1.27. The molecule has 1 N–H and O–H groups in total. The summed E-state index contributed by atoms with van der Waals surface area (Å²) >= 11 is 1.94. The summed E-state index contributed by atoms with van der Waals surface area (Å²) in [5, 5.41) is 3.27. The van der Waals surface area contributed by atoms with Gasteiger partial charge < -0.3 is 10.2 Å². The number of amides is 2. The number of thioether (sulfide) groups is 1. The van der Waals surface area contributed by atoms with Crippen LogP contribution in [0.2, 0.25) is 0 Å². The second-order valence-corrected chi connectivity index (χ2v) is 6.14. The van der Waals surface area contributed by atoms with E-state index < -0.39 is 0 Å². The van der Waals surface area contributed by atoms with Crippen LogP contribution in [0, 0.1) is 0 Å². The highest BCUT2D eigenvalue weighted by Crippen LogP contribution is 2.26. The molecular weight excluding hydrogens is 236 g/mol. The van der Waals surface area contributed by atoms with E-state index in [2.05, 4.69) is 5.32 Å². The van der Waals surface area contributed by atoms with Crippen LogP contribution in [0.3, 0.4) is 0 Å². The number of rotatable bonds is 3. The van der Waals surface area contributed by atoms with Crippen LogP contribution < -0.4 is 5.32 Å². The Kier molecular flexibility index (Phi) is 4.31. The Morgan fingerprint density at radius 2 is 2.24 bits per heavy atom. The van der Waals surface area contributed by atoms with Crippen molar-refractivity contribution in [3.63, 3.8) is 0 Å². The zero-order chi connectivity index (χ0) is 12.3. The molecule has 2 aliphatic rings. The van der Waals surface area contributed by atoms with Crippen molar-refractivity contribution in [2.45, 2.75) is 43.9 Å². The third kappa shape index (κ3) is 3.15. The van der Waals surface area contributed by atoms with Gasteiger partial charge in [0.1, 0.15) is 6.04 Å². The first kappa shape index (κ1) is 12.7. The fourth-order valence-electron chi connectivity index (χ4n) is 2.40. The Morgan fingerprint density at radius 1 is 1.41 bits per heavy atom. The molecule has 4 nitrogen and oxygen atoms in total. The van der Waals surface area contributed by atoms with Crippen LogP contribution >= 0.6 is 11.8 Å². The maximum absolute atomic E-state index is 12.1. The molecule has 2 heterocycles. The first-order chi connectivity index (χ1) is 8.20. The second kappa shape index (κ2) is 5.76. The molecule has 2 saturated heterocycles. The van der Waals surface area contributed by atoms with Gasteiger partial charge in [0.15, 0.2) is 0 Å². The lowest BCUT2D eigenvalue weighted by molar-refractivity contribution is -0.144. The van der Waals surface area contributed by atoms with Gasteiger partial charge in [0.2, 0.25) is 11.8 Å². The molecule has 17 heavy (non-hydrogen) atoms. The summed E-state index contributed by atoms with van der Waals surface area (Å²) in [6.07, 6.45) is 4.39. The van der Waals surface area contributed by atoms with Gasteiger partial charge in [0.05, 0.1) is 6.54 Å². The van der Waals surface area contributed by atoms with Gasteiger partial charge in [-0.05, 0) is 25.0 Å². The predicted molar refractivity (Wildman–Crippen MR) is 68.9 cm³/mol. The van der Waals surface area contributed by atoms with Crippen LogP contribution in [-0.2, 0) is 9.59 Å². The molecule has 96 valence electrons. The molecule has 0 saturated carbocycles. The first-order valence-electron chi connectivity index (χ1n) is 6.40. The lowest BCUT2D eigenvalue weighted by atomic mass is 10.1. The number of piperazine rings is 1. The number of carbonyl (C=O) groups is 2. The number of nitrogens with one attached hydrogen (secondary N) is 1. The molecule has 0 aromatic carbocycles. The van der Waals surface area contributed by atoms with E-state index in [9.17, 15) is 9.59 Å². The van der Waals surface area contributed by atoms with Crippen LogP contribution in [0.25, 0.3) is 0 Å². The Bertz CT molecular complexity index is 303. The molecule has 2 fully saturated rings. The minimum absolute atomic E-state index is 0.0164. The summed E-state index contributed by atoms with van der Waals surface area (Å²) in [6.45, 7) is 2.92. The Morgan fingerprint density at radius 3 is 2.88 bits per heavy atom. The van der Waals surface area contributed by atoms with E-state index >= 15 is 0 Å². The van der Waals surface area contributed by atoms with Crippen molar-refractivity contribution in [1.29, 1.82) is 0 Å². The minimum atomic E-state index is -0.301. The van der Waals surface area contributed by atoms with Crippen molar-refractivity contribution in [2.75, 3.05) is 18.8 Å². The van der Waals surface area contributed by atoms with Crippen molar-refractivity contribution in [3.05, 3.63) is 0 Å². The molecular formula is C12H20N2O2S. The molecule has 0 spiro atoms. The summed E-state index contributed by atoms with van der Waals surface area (Å²) in [5.41, 5.74) is 0. The summed E-state index contributed by atoms with van der Waals surface area (Å²) in [6, 6.07) is -0.301. The lowest BCUT2D eigenvalue weighted by Crippen LogP contribution is -2.58. The Hall–Kier alpha value is -0.710. The van der Waals surface area contributed by atoms with Gasteiger partial charge in [0, 0.05) is 11.8 Å². The number of hydrogen-bond acceptors (Lipinski definition) is 3. The normalized spacial score (nSPS) is 30.3. The highest BCUT2D eigenvalue weighted by Gasteiger charge is 2.32. The average molecular weight is 256 g/mol. The average Bonchev–Trinajstić information content (AvgIpc) is 2.34. The van der Waals surface area contributed by atoms with Crippen molar-refractivity contribution in [1.82, 2.24) is 10.2 Å². The molecule has 0 bridgehead atoms. The molecule has 0 aliphatic carbocycles. The summed E-state index contributed by atoms with van der Waals surface area (Å²) in [7, 11) is 0. The molecule has 0 aromatic rings. The van der Waals surface area contributed by atoms with E-state index in [1.54, 1.807) is 4.90 Å². The molecule has 2 atom stereocenters. The van der Waals surface area contributed by atoms with Gasteiger partial charge in [-0.3, -0.25) is 9.59 Å². The van der Waals surface area contributed by atoms with Gasteiger partial charge in [0.25, 0.3) is 0 Å². The van der Waals surface area contributed by atoms with Crippen molar-refractivity contribution < 1.29 is 9.59 Å². The van der Waals surface area contributed by atoms with E-state index in [0.717, 1.165) is 6.54 Å². The highest BCUT2D eigenvalue weighted by atomic mass is 32.2. The van der Waals surface area contributed by atoms with Crippen molar-refractivity contribution >= 4 is 23.6 Å². The van der Waals surface area contributed by atoms with E-state index in [-0.39, 0.29) is 24.4 Å². The topological polar surface area (TPSA) is 49.4 Å². The van der Waals surface area contributed by atoms with Gasteiger partial charge in [-0.25, -0.2) is 0 Å². The molecule has 0 radical (unpaired) electrons. The van der Waals surface area contributed by atoms with Gasteiger partial charge >= 0.3 is 0 Å². The Labute approximate surface area is 106 Å². The largest absolute Gasteiger partial charge is 0.343 e. The Balaban J connectivity index is 1.93. The standard InChI is InChI=1S/C12H20N2O2S/c1-2-10-12(16)14(8-11(15)13-10)7-9-5-3-4-6-17-9/h9-10H,2-8H2,1H3,(H,13,15). The molecule has 0 aromatic heterocycles. The van der Waals surface area contributed by atoms with Crippen LogP contribution in [0.4, 0.5) is 0 Å². The number of hydrogen-bond donors (Lipinski definition) is 1. The SMILES string of the molecule is CCC1NC(=O)CN(CC2CCCCS2)C1=O. The lowest BCUT2D eigenvalue weighted by Gasteiger charge is -2.35. The third-order valence-electron chi connectivity index (χ3n) is 3.39. The number of carbonyl (C=O) groups excluding carboxylic acids is 2. The molecule has 2 aliphatic heterocycles. The van der Waals surface area contributed by atoms with E-state index in [0.29, 0.717) is 11.7 Å². The maximum Gasteiger partial charge on any atom is 0.245 e. The second-order valence-electron chi connectivity index (χ2n) is 4.74. The molecule has 2 rings (SSSR count). The quantitative estimate of drug-likeness (QED) is 0.820. The van der Waals surface area contributed by atoms with Crippen LogP contribution in [-0.4, -0.2) is 46.8 Å². The fraction of sp³-hybridized carbons (Fsp3) is 0.833. The van der Waals surface area contributed by atoms with Gasteiger partial charge in [-0.1, -0.05) is 13.3 Å². The zero-order valence-electron chi connectivity index (χ0n) is 10.3. The maximum atomic E-state index is 12.1. The highest BCUT2D eigenvalue weighted by molar-refractivity contribution is 7.99. The van der Waals surface area contributed by atoms with Crippen LogP contribution in [0.1, 0.15) is 32.6 Å². The molecule has 2 unspecified atom stereocenters. The van der Waals surface area contributed by atoms with E-state index in [1.165, 1.54) is 25.0 Å². The fourth-order valence-corrected chi connectivity index (χ4v) is 3.72. The van der Waals surface area contributed by atoms with E-state index in [1.807, 2.05) is 18.7 Å². The van der Waals surface area contributed by atoms with Gasteiger partial charge in [-0.15, -0.1) is 0 Å². The van der Waals surface area contributed by atoms with Crippen molar-refractivity contribution in [2.24, 2.45) is 0 Å². The third-order valence-corrected chi connectivity index (χ3v) is 4.77. The summed E-state index contributed by atoms with van der Waals surface area (Å²) < 4.78 is 0. The molecule has 5 heteroatoms. The van der Waals surface area contributed by atoms with Gasteiger partial charge in [-0.2, -0.15) is 11.8 Å². The van der Waals surface area contributed by atoms with Crippen LogP contribution in [0.15, 0.2) is 0 Å². The number of nitrogens with zero attached hydrogens (tertiary/aromatic N) is 1. The molecule has 2 amide bonds. The summed E-state index contributed by atoms with van der Waals surface area (Å²) in [4.78, 5) is 25.3.